The molecule has 3 rings (SSSR count). The molecule has 0 unspecified atom stereocenters. The second-order valence-corrected chi connectivity index (χ2v) is 6.92. The molecule has 4 N–H and O–H groups in total. The number of benzene rings is 1. The Hall–Kier alpha value is -2.94. The van der Waals surface area contributed by atoms with Gasteiger partial charge < -0.3 is 21.1 Å². The second-order valence-electron chi connectivity index (χ2n) is 6.92. The third-order valence-electron chi connectivity index (χ3n) is 5.13. The highest BCUT2D eigenvalue weighted by Crippen LogP contribution is 2.29. The first-order chi connectivity index (χ1) is 13.4. The summed E-state index contributed by atoms with van der Waals surface area (Å²) in [6.07, 6.45) is 1.26. The minimum atomic E-state index is -0.750. The molecule has 0 bridgehead atoms. The van der Waals surface area contributed by atoms with E-state index in [1.54, 1.807) is 0 Å². The molecular weight excluding hydrogens is 367 g/mol. The Balaban J connectivity index is 1.88. The molecule has 8 nitrogen and oxygen atoms in total. The molecule has 1 fully saturated rings. The number of urea groups is 1. The normalized spacial score (nSPS) is 21.1. The first kappa shape index (κ1) is 19.8. The highest BCUT2D eigenvalue weighted by molar-refractivity contribution is 5.95. The zero-order chi connectivity index (χ0) is 20.3. The van der Waals surface area contributed by atoms with Gasteiger partial charge in [0.2, 0.25) is 5.91 Å². The van der Waals surface area contributed by atoms with Crippen LogP contribution in [0.2, 0.25) is 0 Å². The fourth-order valence-electron chi connectivity index (χ4n) is 3.60. The summed E-state index contributed by atoms with van der Waals surface area (Å²) in [5.41, 5.74) is 6.64. The van der Waals surface area contributed by atoms with Crippen molar-refractivity contribution in [3.05, 3.63) is 46.9 Å². The quantitative estimate of drug-likeness (QED) is 0.644. The lowest BCUT2D eigenvalue weighted by Crippen LogP contribution is -2.49. The van der Waals surface area contributed by atoms with Crippen LogP contribution in [0, 0.1) is 11.7 Å². The molecule has 1 aromatic rings. The molecule has 2 heterocycles. The lowest BCUT2D eigenvalue weighted by molar-refractivity contribution is -0.136. The molecule has 0 spiro atoms. The highest BCUT2D eigenvalue weighted by atomic mass is 19.1. The number of primary amides is 1. The van der Waals surface area contributed by atoms with Gasteiger partial charge in [-0.1, -0.05) is 12.1 Å². The number of ether oxygens (including phenoxy) is 1. The Kier molecular flexibility index (Phi) is 5.93. The molecule has 1 aromatic carbocycles. The first-order valence-electron chi connectivity index (χ1n) is 9.05. The van der Waals surface area contributed by atoms with Crippen molar-refractivity contribution < 1.29 is 23.5 Å². The van der Waals surface area contributed by atoms with Gasteiger partial charge >= 0.3 is 12.0 Å². The standard InChI is InChI=1S/C19H23FN4O4/c1-28-18(26)15-14(10-24-8-6-12(7-9-24)17(21)25)22-19(27)23-16(15)11-2-4-13(20)5-3-11/h2-5,12,16H,6-10H2,1H3,(H2,21,25)(H2,22,23,27)/t16-/m0/s1. The van der Waals surface area contributed by atoms with Crippen molar-refractivity contribution in [1.29, 1.82) is 0 Å². The van der Waals surface area contributed by atoms with E-state index in [1.807, 2.05) is 4.90 Å². The number of nitrogens with zero attached hydrogens (tertiary/aromatic N) is 1. The number of hydrogen-bond donors (Lipinski definition) is 3. The number of nitrogens with one attached hydrogen (secondary N) is 2. The second kappa shape index (κ2) is 8.39. The van der Waals surface area contributed by atoms with Gasteiger partial charge in [-0.25, -0.2) is 14.0 Å². The maximum absolute atomic E-state index is 13.3. The molecule has 28 heavy (non-hydrogen) atoms. The monoisotopic (exact) mass is 390 g/mol. The summed E-state index contributed by atoms with van der Waals surface area (Å²) in [4.78, 5) is 38.1. The number of carbonyl (C=O) groups excluding carboxylic acids is 3. The van der Waals surface area contributed by atoms with Crippen LogP contribution in [-0.4, -0.2) is 49.6 Å². The summed E-state index contributed by atoms with van der Waals surface area (Å²) in [6, 6.07) is 4.37. The van der Waals surface area contributed by atoms with E-state index in [4.69, 9.17) is 10.5 Å². The topological polar surface area (TPSA) is 114 Å². The van der Waals surface area contributed by atoms with Gasteiger partial charge in [0, 0.05) is 18.2 Å². The van der Waals surface area contributed by atoms with E-state index in [9.17, 15) is 18.8 Å². The molecule has 2 aliphatic heterocycles. The number of piperidine rings is 1. The van der Waals surface area contributed by atoms with Gasteiger partial charge in [-0.05, 0) is 43.6 Å². The molecule has 9 heteroatoms. The molecule has 0 aromatic heterocycles. The van der Waals surface area contributed by atoms with Gasteiger partial charge in [-0.2, -0.15) is 0 Å². The summed E-state index contributed by atoms with van der Waals surface area (Å²) in [7, 11) is 1.27. The van der Waals surface area contributed by atoms with Gasteiger partial charge in [0.05, 0.1) is 18.7 Å². The van der Waals surface area contributed by atoms with Crippen molar-refractivity contribution in [2.75, 3.05) is 26.7 Å². The fourth-order valence-corrected chi connectivity index (χ4v) is 3.60. The van der Waals surface area contributed by atoms with Crippen LogP contribution in [0.1, 0.15) is 24.4 Å². The number of carbonyl (C=O) groups is 3. The van der Waals surface area contributed by atoms with Crippen LogP contribution in [-0.2, 0) is 14.3 Å². The van der Waals surface area contributed by atoms with Gasteiger partial charge in [0.25, 0.3) is 0 Å². The number of esters is 1. The zero-order valence-corrected chi connectivity index (χ0v) is 15.5. The lowest BCUT2D eigenvalue weighted by atomic mass is 9.93. The van der Waals surface area contributed by atoms with Crippen LogP contribution in [0.25, 0.3) is 0 Å². The average molecular weight is 390 g/mol. The highest BCUT2D eigenvalue weighted by Gasteiger charge is 2.34. The Bertz CT molecular complexity index is 801. The predicted molar refractivity (Wildman–Crippen MR) is 98.2 cm³/mol. The summed E-state index contributed by atoms with van der Waals surface area (Å²) in [5, 5.41) is 5.39. The minimum absolute atomic E-state index is 0.153. The first-order valence-corrected chi connectivity index (χ1v) is 9.05. The summed E-state index contributed by atoms with van der Waals surface area (Å²) in [6.45, 7) is 1.56. The zero-order valence-electron chi connectivity index (χ0n) is 15.5. The molecule has 0 aliphatic carbocycles. The number of halogens is 1. The van der Waals surface area contributed by atoms with Crippen molar-refractivity contribution in [2.45, 2.75) is 18.9 Å². The minimum Gasteiger partial charge on any atom is -0.466 e. The maximum atomic E-state index is 13.3. The van der Waals surface area contributed by atoms with E-state index < -0.39 is 23.9 Å². The Morgan fingerprint density at radius 1 is 1.25 bits per heavy atom. The Morgan fingerprint density at radius 3 is 2.46 bits per heavy atom. The predicted octanol–water partition coefficient (Wildman–Crippen LogP) is 0.804. The van der Waals surface area contributed by atoms with Crippen molar-refractivity contribution in [2.24, 2.45) is 11.7 Å². The van der Waals surface area contributed by atoms with Crippen LogP contribution in [0.5, 0.6) is 0 Å². The summed E-state index contributed by atoms with van der Waals surface area (Å²) in [5.74, 6) is -1.45. The number of likely N-dealkylation sites (tertiary alicyclic amines) is 1. The molecule has 0 saturated carbocycles. The number of amides is 3. The van der Waals surface area contributed by atoms with Crippen LogP contribution in [0.15, 0.2) is 35.5 Å². The fraction of sp³-hybridized carbons (Fsp3) is 0.421. The number of nitrogens with two attached hydrogens (primary N) is 1. The van der Waals surface area contributed by atoms with E-state index in [1.165, 1.54) is 31.4 Å². The van der Waals surface area contributed by atoms with Gasteiger partial charge in [0.1, 0.15) is 5.82 Å². The summed E-state index contributed by atoms with van der Waals surface area (Å²) < 4.78 is 18.2. The van der Waals surface area contributed by atoms with E-state index in [0.717, 1.165) is 0 Å². The third-order valence-corrected chi connectivity index (χ3v) is 5.13. The molecule has 1 saturated heterocycles. The SMILES string of the molecule is COC(=O)C1=C(CN2CCC(C(N)=O)CC2)NC(=O)N[C@H]1c1ccc(F)cc1. The van der Waals surface area contributed by atoms with E-state index >= 15 is 0 Å². The van der Waals surface area contributed by atoms with Crippen LogP contribution in [0.4, 0.5) is 9.18 Å². The number of methoxy groups -OCH3 is 1. The largest absolute Gasteiger partial charge is 0.466 e. The average Bonchev–Trinajstić information content (AvgIpc) is 2.68. The van der Waals surface area contributed by atoms with Gasteiger partial charge in [-0.3, -0.25) is 9.69 Å². The molecule has 2 aliphatic rings. The van der Waals surface area contributed by atoms with Crippen molar-refractivity contribution in [3.63, 3.8) is 0 Å². The smallest absolute Gasteiger partial charge is 0.338 e. The van der Waals surface area contributed by atoms with Gasteiger partial charge in [0.15, 0.2) is 0 Å². The summed E-state index contributed by atoms with van der Waals surface area (Å²) >= 11 is 0. The van der Waals surface area contributed by atoms with Crippen molar-refractivity contribution in [3.8, 4) is 0 Å². The maximum Gasteiger partial charge on any atom is 0.338 e. The third kappa shape index (κ3) is 4.30. The van der Waals surface area contributed by atoms with Crippen molar-refractivity contribution in [1.82, 2.24) is 15.5 Å². The Labute approximate surface area is 161 Å². The van der Waals surface area contributed by atoms with Crippen LogP contribution < -0.4 is 16.4 Å². The molecule has 150 valence electrons. The molecule has 3 amide bonds. The number of hydrogen-bond acceptors (Lipinski definition) is 5. The number of rotatable bonds is 5. The van der Waals surface area contributed by atoms with E-state index in [2.05, 4.69) is 10.6 Å². The van der Waals surface area contributed by atoms with Crippen LogP contribution in [0.3, 0.4) is 0 Å². The molecule has 0 radical (unpaired) electrons. The molecule has 1 atom stereocenters. The van der Waals surface area contributed by atoms with Gasteiger partial charge in [-0.15, -0.1) is 0 Å². The Morgan fingerprint density at radius 2 is 1.89 bits per heavy atom. The molecular formula is C19H23FN4O4. The van der Waals surface area contributed by atoms with Crippen LogP contribution >= 0.6 is 0 Å². The van der Waals surface area contributed by atoms with E-state index in [0.29, 0.717) is 43.7 Å². The van der Waals surface area contributed by atoms with Crippen molar-refractivity contribution >= 4 is 17.9 Å². The lowest BCUT2D eigenvalue weighted by Gasteiger charge is -2.34. The van der Waals surface area contributed by atoms with E-state index in [-0.39, 0.29) is 17.4 Å².